The van der Waals surface area contributed by atoms with Crippen LogP contribution in [0.25, 0.3) is 0 Å². The molecule has 2 saturated carbocycles. The van der Waals surface area contributed by atoms with E-state index in [0.717, 1.165) is 13.0 Å². The average molecular weight is 255 g/mol. The molecule has 0 aliphatic heterocycles. The molecule has 2 rings (SSSR count). The number of nitrogens with one attached hydrogen (secondary N) is 1. The first-order valence-electron chi connectivity index (χ1n) is 7.34. The predicted octanol–water partition coefficient (Wildman–Crippen LogP) is 2.59. The molecule has 2 aliphatic rings. The van der Waals surface area contributed by atoms with Crippen molar-refractivity contribution in [3.8, 4) is 0 Å². The zero-order valence-corrected chi connectivity index (χ0v) is 12.5. The number of methoxy groups -OCH3 is 1. The minimum atomic E-state index is 0.271. The predicted molar refractivity (Wildman–Crippen MR) is 73.7 cm³/mol. The van der Waals surface area contributed by atoms with Crippen molar-refractivity contribution in [3.63, 3.8) is 0 Å². The Labute approximate surface area is 112 Å². The highest BCUT2D eigenvalue weighted by Gasteiger charge is 2.50. The average Bonchev–Trinajstić information content (AvgIpc) is 2.24. The highest BCUT2D eigenvalue weighted by atomic mass is 16.5. The first-order chi connectivity index (χ1) is 8.43. The largest absolute Gasteiger partial charge is 0.381 e. The molecule has 0 aromatic heterocycles. The van der Waals surface area contributed by atoms with E-state index in [1.165, 1.54) is 12.8 Å². The van der Waals surface area contributed by atoms with Crippen LogP contribution in [0.2, 0.25) is 0 Å². The van der Waals surface area contributed by atoms with Crippen molar-refractivity contribution in [1.29, 1.82) is 0 Å². The molecule has 0 spiro atoms. The number of ether oxygens (including phenoxy) is 2. The topological polar surface area (TPSA) is 30.5 Å². The van der Waals surface area contributed by atoms with Crippen molar-refractivity contribution in [2.75, 3.05) is 13.7 Å². The van der Waals surface area contributed by atoms with Crippen molar-refractivity contribution in [1.82, 2.24) is 5.32 Å². The van der Waals surface area contributed by atoms with Gasteiger partial charge in [0.05, 0.1) is 12.2 Å². The van der Waals surface area contributed by atoms with Gasteiger partial charge >= 0.3 is 0 Å². The van der Waals surface area contributed by atoms with Crippen LogP contribution in [0.5, 0.6) is 0 Å². The molecule has 106 valence electrons. The summed E-state index contributed by atoms with van der Waals surface area (Å²) in [6, 6.07) is 1.27. The lowest BCUT2D eigenvalue weighted by atomic mass is 9.63. The summed E-state index contributed by atoms with van der Waals surface area (Å²) >= 11 is 0. The van der Waals surface area contributed by atoms with Gasteiger partial charge in [0.1, 0.15) is 0 Å². The lowest BCUT2D eigenvalue weighted by Crippen LogP contribution is -2.64. The Kier molecular flexibility index (Phi) is 4.35. The summed E-state index contributed by atoms with van der Waals surface area (Å²) in [5, 5.41) is 3.76. The first-order valence-corrected chi connectivity index (χ1v) is 7.34. The van der Waals surface area contributed by atoms with Crippen molar-refractivity contribution >= 4 is 0 Å². The maximum Gasteiger partial charge on any atom is 0.0656 e. The van der Waals surface area contributed by atoms with Gasteiger partial charge in [-0.3, -0.25) is 0 Å². The van der Waals surface area contributed by atoms with E-state index < -0.39 is 0 Å². The maximum atomic E-state index is 6.00. The van der Waals surface area contributed by atoms with E-state index in [1.54, 1.807) is 0 Å². The molecule has 18 heavy (non-hydrogen) atoms. The van der Waals surface area contributed by atoms with Crippen LogP contribution in [0.3, 0.4) is 0 Å². The van der Waals surface area contributed by atoms with E-state index in [9.17, 15) is 0 Å². The van der Waals surface area contributed by atoms with Crippen LogP contribution in [-0.4, -0.2) is 38.0 Å². The molecule has 3 nitrogen and oxygen atoms in total. The molecule has 2 atom stereocenters. The molecular weight excluding hydrogens is 226 g/mol. The number of hydrogen-bond donors (Lipinski definition) is 1. The van der Waals surface area contributed by atoms with E-state index in [0.29, 0.717) is 30.2 Å². The molecule has 2 unspecified atom stereocenters. The Balaban J connectivity index is 1.70. The van der Waals surface area contributed by atoms with Crippen molar-refractivity contribution in [3.05, 3.63) is 0 Å². The van der Waals surface area contributed by atoms with E-state index in [4.69, 9.17) is 9.47 Å². The quantitative estimate of drug-likeness (QED) is 0.791. The Morgan fingerprint density at radius 1 is 1.22 bits per heavy atom. The van der Waals surface area contributed by atoms with Crippen LogP contribution in [0.1, 0.15) is 47.0 Å². The minimum Gasteiger partial charge on any atom is -0.381 e. The van der Waals surface area contributed by atoms with Gasteiger partial charge in [0.25, 0.3) is 0 Å². The third kappa shape index (κ3) is 2.89. The summed E-state index contributed by atoms with van der Waals surface area (Å²) in [4.78, 5) is 0. The molecule has 1 N–H and O–H groups in total. The molecule has 0 saturated heterocycles. The van der Waals surface area contributed by atoms with E-state index in [-0.39, 0.29) is 5.41 Å². The highest BCUT2D eigenvalue weighted by Crippen LogP contribution is 2.44. The van der Waals surface area contributed by atoms with Gasteiger partial charge in [-0.05, 0) is 25.2 Å². The summed E-state index contributed by atoms with van der Waals surface area (Å²) in [5.74, 6) is 0.627. The third-order valence-corrected chi connectivity index (χ3v) is 4.67. The van der Waals surface area contributed by atoms with Gasteiger partial charge in [-0.15, -0.1) is 0 Å². The van der Waals surface area contributed by atoms with Crippen LogP contribution in [0.4, 0.5) is 0 Å². The zero-order chi connectivity index (χ0) is 13.3. The standard InChI is InChI=1S/C15H29NO2/c1-10(2)9-18-14-8-13(15(14,3)4)16-11-6-12(7-11)17-5/h10-14,16H,6-9H2,1-5H3. The van der Waals surface area contributed by atoms with E-state index in [2.05, 4.69) is 33.0 Å². The Morgan fingerprint density at radius 3 is 2.39 bits per heavy atom. The van der Waals surface area contributed by atoms with Crippen LogP contribution in [0, 0.1) is 11.3 Å². The lowest BCUT2D eigenvalue weighted by molar-refractivity contribution is -0.131. The highest BCUT2D eigenvalue weighted by molar-refractivity contribution is 5.05. The number of rotatable bonds is 6. The normalized spacial score (nSPS) is 38.3. The third-order valence-electron chi connectivity index (χ3n) is 4.67. The van der Waals surface area contributed by atoms with Crippen molar-refractivity contribution in [2.24, 2.45) is 11.3 Å². The van der Waals surface area contributed by atoms with Gasteiger partial charge in [-0.2, -0.15) is 0 Å². The molecule has 0 amide bonds. The minimum absolute atomic E-state index is 0.271. The summed E-state index contributed by atoms with van der Waals surface area (Å²) in [6.45, 7) is 9.95. The molecule has 3 heteroatoms. The summed E-state index contributed by atoms with van der Waals surface area (Å²) in [6.07, 6.45) is 4.41. The Morgan fingerprint density at radius 2 is 1.89 bits per heavy atom. The molecule has 2 fully saturated rings. The summed E-state index contributed by atoms with van der Waals surface area (Å²) in [5.41, 5.74) is 0.271. The van der Waals surface area contributed by atoms with Crippen LogP contribution in [-0.2, 0) is 9.47 Å². The molecular formula is C15H29NO2. The first kappa shape index (κ1) is 14.3. The monoisotopic (exact) mass is 255 g/mol. The second-order valence-electron chi connectivity index (χ2n) is 7.02. The smallest absolute Gasteiger partial charge is 0.0656 e. The van der Waals surface area contributed by atoms with Crippen LogP contribution >= 0.6 is 0 Å². The van der Waals surface area contributed by atoms with Gasteiger partial charge in [0, 0.05) is 31.2 Å². The Hall–Kier alpha value is -0.120. The van der Waals surface area contributed by atoms with Crippen molar-refractivity contribution < 1.29 is 9.47 Å². The second-order valence-corrected chi connectivity index (χ2v) is 7.02. The van der Waals surface area contributed by atoms with Crippen LogP contribution in [0.15, 0.2) is 0 Å². The zero-order valence-electron chi connectivity index (χ0n) is 12.5. The van der Waals surface area contributed by atoms with Gasteiger partial charge in [-0.25, -0.2) is 0 Å². The molecule has 0 aromatic rings. The fourth-order valence-electron chi connectivity index (χ4n) is 2.94. The van der Waals surface area contributed by atoms with Gasteiger partial charge in [0.15, 0.2) is 0 Å². The fourth-order valence-corrected chi connectivity index (χ4v) is 2.94. The van der Waals surface area contributed by atoms with Crippen LogP contribution < -0.4 is 5.32 Å². The SMILES string of the molecule is COC1CC(NC2CC(OCC(C)C)C2(C)C)C1. The Bertz CT molecular complexity index is 272. The lowest BCUT2D eigenvalue weighted by Gasteiger charge is -2.54. The maximum absolute atomic E-state index is 6.00. The summed E-state index contributed by atoms with van der Waals surface area (Å²) in [7, 11) is 1.81. The molecule has 0 bridgehead atoms. The van der Waals surface area contributed by atoms with Crippen molar-refractivity contribution in [2.45, 2.75) is 71.2 Å². The molecule has 0 aromatic carbocycles. The second kappa shape index (κ2) is 5.48. The van der Waals surface area contributed by atoms with Gasteiger partial charge in [0.2, 0.25) is 0 Å². The van der Waals surface area contributed by atoms with E-state index in [1.807, 2.05) is 7.11 Å². The van der Waals surface area contributed by atoms with Gasteiger partial charge < -0.3 is 14.8 Å². The molecule has 2 aliphatic carbocycles. The summed E-state index contributed by atoms with van der Waals surface area (Å²) < 4.78 is 11.3. The molecule has 0 heterocycles. The number of hydrogen-bond acceptors (Lipinski definition) is 3. The van der Waals surface area contributed by atoms with E-state index >= 15 is 0 Å². The molecule has 0 radical (unpaired) electrons. The fraction of sp³-hybridized carbons (Fsp3) is 1.00. The van der Waals surface area contributed by atoms with Gasteiger partial charge in [-0.1, -0.05) is 27.7 Å².